The topological polar surface area (TPSA) is 99.0 Å². The summed E-state index contributed by atoms with van der Waals surface area (Å²) >= 11 is 0. The maximum absolute atomic E-state index is 11.9. The van der Waals surface area contributed by atoms with Gasteiger partial charge in [-0.25, -0.2) is 0 Å². The van der Waals surface area contributed by atoms with E-state index in [0.717, 1.165) is 19.3 Å². The minimum atomic E-state index is -1.18. The zero-order valence-corrected chi connectivity index (χ0v) is 12.4. The molecule has 0 amide bonds. The van der Waals surface area contributed by atoms with Gasteiger partial charge in [-0.15, -0.1) is 0 Å². The van der Waals surface area contributed by atoms with Crippen LogP contribution in [0.15, 0.2) is 18.2 Å². The van der Waals surface area contributed by atoms with Crippen LogP contribution in [0, 0.1) is 0 Å². The molecule has 0 spiro atoms. The summed E-state index contributed by atoms with van der Waals surface area (Å²) < 4.78 is 5.12. The molecule has 0 fully saturated rings. The predicted molar refractivity (Wildman–Crippen MR) is 78.1 cm³/mol. The Bertz CT molecular complexity index is 463. The van der Waals surface area contributed by atoms with Crippen molar-refractivity contribution in [1.29, 1.82) is 0 Å². The number of hydrogen-bond acceptors (Lipinski definition) is 6. The molecule has 6 nitrogen and oxygen atoms in total. The van der Waals surface area contributed by atoms with Crippen molar-refractivity contribution in [1.82, 2.24) is 5.32 Å². The summed E-state index contributed by atoms with van der Waals surface area (Å²) in [6.45, 7) is 2.37. The van der Waals surface area contributed by atoms with Crippen LogP contribution in [0.25, 0.3) is 0 Å². The van der Waals surface area contributed by atoms with Crippen LogP contribution in [-0.2, 0) is 9.53 Å². The number of ether oxygens (including phenoxy) is 1. The summed E-state index contributed by atoms with van der Waals surface area (Å²) in [5, 5.41) is 31.6. The van der Waals surface area contributed by atoms with Gasteiger partial charge in [-0.2, -0.15) is 0 Å². The minimum Gasteiger partial charge on any atom is -0.504 e. The van der Waals surface area contributed by atoms with Gasteiger partial charge in [-0.3, -0.25) is 4.79 Å². The van der Waals surface area contributed by atoms with Gasteiger partial charge >= 0.3 is 5.97 Å². The van der Waals surface area contributed by atoms with E-state index in [2.05, 4.69) is 12.2 Å². The third kappa shape index (κ3) is 4.91. The molecule has 21 heavy (non-hydrogen) atoms. The number of carbonyl (C=O) groups excluding carboxylic acids is 1. The average molecular weight is 297 g/mol. The van der Waals surface area contributed by atoms with Gasteiger partial charge in [0.1, 0.15) is 12.1 Å². The van der Waals surface area contributed by atoms with E-state index < -0.39 is 18.1 Å². The Labute approximate surface area is 124 Å². The third-order valence-electron chi connectivity index (χ3n) is 3.21. The van der Waals surface area contributed by atoms with E-state index in [4.69, 9.17) is 4.74 Å². The first-order chi connectivity index (χ1) is 10.0. The number of aliphatic hydroxyl groups excluding tert-OH is 1. The van der Waals surface area contributed by atoms with Crippen LogP contribution in [0.3, 0.4) is 0 Å². The molecule has 6 heteroatoms. The number of nitrogens with one attached hydrogen (secondary N) is 1. The molecule has 0 heterocycles. The predicted octanol–water partition coefficient (Wildman–Crippen LogP) is 1.45. The molecule has 0 aromatic heterocycles. The SMILES string of the molecule is CCCCCOC(=O)[C@@H](NC)C(O)c1ccc(O)c(O)c1. The van der Waals surface area contributed by atoms with Crippen molar-refractivity contribution in [2.75, 3.05) is 13.7 Å². The molecule has 0 saturated heterocycles. The van der Waals surface area contributed by atoms with Crippen molar-refractivity contribution < 1.29 is 24.9 Å². The number of hydrogen-bond donors (Lipinski definition) is 4. The number of carbonyl (C=O) groups is 1. The van der Waals surface area contributed by atoms with E-state index in [1.54, 1.807) is 7.05 Å². The number of phenols is 2. The first-order valence-electron chi connectivity index (χ1n) is 7.05. The second kappa shape index (κ2) is 8.49. The zero-order valence-electron chi connectivity index (χ0n) is 12.4. The summed E-state index contributed by atoms with van der Waals surface area (Å²) in [6.07, 6.45) is 1.61. The van der Waals surface area contributed by atoms with Crippen molar-refractivity contribution in [3.05, 3.63) is 23.8 Å². The average Bonchev–Trinajstić information content (AvgIpc) is 2.47. The monoisotopic (exact) mass is 297 g/mol. The van der Waals surface area contributed by atoms with Gasteiger partial charge < -0.3 is 25.4 Å². The van der Waals surface area contributed by atoms with E-state index in [1.165, 1.54) is 18.2 Å². The van der Waals surface area contributed by atoms with Crippen LogP contribution < -0.4 is 5.32 Å². The number of phenolic OH excluding ortho intramolecular Hbond substituents is 2. The summed E-state index contributed by atoms with van der Waals surface area (Å²) in [5.41, 5.74) is 0.315. The third-order valence-corrected chi connectivity index (χ3v) is 3.21. The highest BCUT2D eigenvalue weighted by atomic mass is 16.5. The van der Waals surface area contributed by atoms with Gasteiger partial charge in [-0.1, -0.05) is 25.8 Å². The second-order valence-electron chi connectivity index (χ2n) is 4.83. The number of benzene rings is 1. The standard InChI is InChI=1S/C15H23NO5/c1-3-4-5-8-21-15(20)13(16-2)14(19)10-6-7-11(17)12(18)9-10/h6-7,9,13-14,16-19H,3-5,8H2,1-2H3/t13-,14?/m0/s1. The number of unbranched alkanes of at least 4 members (excludes halogenated alkanes) is 2. The largest absolute Gasteiger partial charge is 0.504 e. The molecular formula is C15H23NO5. The van der Waals surface area contributed by atoms with E-state index in [-0.39, 0.29) is 11.5 Å². The number of esters is 1. The number of aliphatic hydroxyl groups is 1. The van der Waals surface area contributed by atoms with Crippen LogP contribution in [0.4, 0.5) is 0 Å². The normalized spacial score (nSPS) is 13.7. The fourth-order valence-electron chi connectivity index (χ4n) is 1.94. The molecule has 1 unspecified atom stereocenters. The Morgan fingerprint density at radius 1 is 1.29 bits per heavy atom. The molecule has 2 atom stereocenters. The minimum absolute atomic E-state index is 0.283. The van der Waals surface area contributed by atoms with Crippen LogP contribution in [-0.4, -0.2) is 41.0 Å². The highest BCUT2D eigenvalue weighted by Crippen LogP contribution is 2.29. The second-order valence-corrected chi connectivity index (χ2v) is 4.83. The fourth-order valence-corrected chi connectivity index (χ4v) is 1.94. The molecule has 0 aliphatic carbocycles. The van der Waals surface area contributed by atoms with Crippen molar-refractivity contribution in [2.24, 2.45) is 0 Å². The van der Waals surface area contributed by atoms with Crippen molar-refractivity contribution >= 4 is 5.97 Å². The molecular weight excluding hydrogens is 274 g/mol. The molecule has 0 saturated carbocycles. The molecule has 1 aromatic carbocycles. The van der Waals surface area contributed by atoms with Gasteiger partial charge in [0, 0.05) is 0 Å². The maximum atomic E-state index is 11.9. The molecule has 1 aromatic rings. The van der Waals surface area contributed by atoms with E-state index in [0.29, 0.717) is 12.2 Å². The van der Waals surface area contributed by atoms with Gasteiger partial charge in [0.15, 0.2) is 11.5 Å². The Morgan fingerprint density at radius 3 is 2.57 bits per heavy atom. The molecule has 1 rings (SSSR count). The smallest absolute Gasteiger partial charge is 0.326 e. The molecule has 118 valence electrons. The number of likely N-dealkylation sites (N-methyl/N-ethyl adjacent to an activating group) is 1. The number of rotatable bonds is 8. The highest BCUT2D eigenvalue weighted by molar-refractivity contribution is 5.77. The van der Waals surface area contributed by atoms with E-state index >= 15 is 0 Å². The highest BCUT2D eigenvalue weighted by Gasteiger charge is 2.28. The Kier molecular flexibility index (Phi) is 6.98. The fraction of sp³-hybridized carbons (Fsp3) is 0.533. The van der Waals surface area contributed by atoms with E-state index in [9.17, 15) is 20.1 Å². The van der Waals surface area contributed by atoms with Crippen LogP contribution >= 0.6 is 0 Å². The van der Waals surface area contributed by atoms with E-state index in [1.807, 2.05) is 0 Å². The van der Waals surface area contributed by atoms with Gasteiger partial charge in [0.2, 0.25) is 0 Å². The lowest BCUT2D eigenvalue weighted by Gasteiger charge is -2.21. The zero-order chi connectivity index (χ0) is 15.8. The number of aromatic hydroxyl groups is 2. The summed E-state index contributed by atoms with van der Waals surface area (Å²) in [4.78, 5) is 11.9. The van der Waals surface area contributed by atoms with Crippen molar-refractivity contribution in [3.63, 3.8) is 0 Å². The lowest BCUT2D eigenvalue weighted by molar-refractivity contribution is -0.149. The lowest BCUT2D eigenvalue weighted by Crippen LogP contribution is -2.41. The molecule has 4 N–H and O–H groups in total. The first kappa shape index (κ1) is 17.3. The molecule has 0 radical (unpaired) electrons. The van der Waals surface area contributed by atoms with Crippen molar-refractivity contribution in [2.45, 2.75) is 38.3 Å². The molecule has 0 aliphatic rings. The van der Waals surface area contributed by atoms with Gasteiger partial charge in [0.25, 0.3) is 0 Å². The first-order valence-corrected chi connectivity index (χ1v) is 7.05. The quantitative estimate of drug-likeness (QED) is 0.329. The van der Waals surface area contributed by atoms with Crippen molar-refractivity contribution in [3.8, 4) is 11.5 Å². The van der Waals surface area contributed by atoms with Crippen LogP contribution in [0.1, 0.15) is 37.9 Å². The summed E-state index contributed by atoms with van der Waals surface area (Å²) in [6, 6.07) is 2.98. The van der Waals surface area contributed by atoms with Crippen LogP contribution in [0.5, 0.6) is 11.5 Å². The maximum Gasteiger partial charge on any atom is 0.326 e. The Morgan fingerprint density at radius 2 is 2.00 bits per heavy atom. The summed E-state index contributed by atoms with van der Waals surface area (Å²) in [7, 11) is 1.54. The lowest BCUT2D eigenvalue weighted by atomic mass is 10.0. The van der Waals surface area contributed by atoms with Gasteiger partial charge in [-0.05, 0) is 31.2 Å². The van der Waals surface area contributed by atoms with Crippen LogP contribution in [0.2, 0.25) is 0 Å². The summed E-state index contributed by atoms with van der Waals surface area (Å²) in [5.74, 6) is -1.18. The Balaban J connectivity index is 2.69. The van der Waals surface area contributed by atoms with Gasteiger partial charge in [0.05, 0.1) is 6.61 Å². The molecule has 0 bridgehead atoms. The molecule has 0 aliphatic heterocycles. The Hall–Kier alpha value is -1.79.